The summed E-state index contributed by atoms with van der Waals surface area (Å²) in [6.07, 6.45) is 1.56. The summed E-state index contributed by atoms with van der Waals surface area (Å²) in [6.45, 7) is 7.40. The smallest absolute Gasteiger partial charge is 0.320 e. The fraction of sp³-hybridized carbons (Fsp3) is 0.292. The first-order valence-corrected chi connectivity index (χ1v) is 10.2. The lowest BCUT2D eigenvalue weighted by Crippen LogP contribution is -2.49. The molecule has 6 nitrogen and oxygen atoms in total. The predicted molar refractivity (Wildman–Crippen MR) is 116 cm³/mol. The second kappa shape index (κ2) is 8.63. The van der Waals surface area contributed by atoms with Gasteiger partial charge < -0.3 is 4.90 Å². The van der Waals surface area contributed by atoms with Gasteiger partial charge in [-0.2, -0.15) is 9.78 Å². The molecule has 0 spiro atoms. The van der Waals surface area contributed by atoms with E-state index in [0.717, 1.165) is 19.6 Å². The number of nitrogens with zero attached hydrogens (tertiary/aromatic N) is 4. The van der Waals surface area contributed by atoms with E-state index in [4.69, 9.17) is 0 Å². The van der Waals surface area contributed by atoms with Gasteiger partial charge in [0.2, 0.25) is 0 Å². The second-order valence-electron chi connectivity index (χ2n) is 7.75. The van der Waals surface area contributed by atoms with E-state index in [1.165, 1.54) is 33.9 Å². The van der Waals surface area contributed by atoms with Crippen LogP contribution in [-0.4, -0.2) is 57.6 Å². The van der Waals surface area contributed by atoms with Crippen LogP contribution in [0.3, 0.4) is 0 Å². The lowest BCUT2D eigenvalue weighted by molar-refractivity contribution is 0.101. The summed E-state index contributed by atoms with van der Waals surface area (Å²) in [5.74, 6) is -0.139. The molecule has 1 fully saturated rings. The topological polar surface area (TPSA) is 58.4 Å². The Hall–Kier alpha value is -3.25. The Bertz CT molecular complexity index is 1050. The first kappa shape index (κ1) is 20.0. The van der Waals surface area contributed by atoms with Crippen molar-refractivity contribution in [2.24, 2.45) is 0 Å². The minimum Gasteiger partial charge on any atom is -0.320 e. The molecule has 0 atom stereocenters. The third-order valence-electron chi connectivity index (χ3n) is 5.63. The van der Waals surface area contributed by atoms with E-state index in [2.05, 4.69) is 59.4 Å². The van der Waals surface area contributed by atoms with Crippen molar-refractivity contribution < 1.29 is 9.59 Å². The number of hydrogen-bond donors (Lipinski definition) is 0. The van der Waals surface area contributed by atoms with Gasteiger partial charge in [-0.25, -0.2) is 4.79 Å². The van der Waals surface area contributed by atoms with Crippen LogP contribution in [0.15, 0.2) is 60.8 Å². The van der Waals surface area contributed by atoms with Crippen molar-refractivity contribution in [3.63, 3.8) is 0 Å². The van der Waals surface area contributed by atoms with E-state index in [9.17, 15) is 9.59 Å². The summed E-state index contributed by atoms with van der Waals surface area (Å²) < 4.78 is 1.26. The van der Waals surface area contributed by atoms with Gasteiger partial charge in [-0.15, -0.1) is 0 Å². The SMILES string of the molecule is CC(=O)c1ccn(C(=O)N2CCN(Cc3ccc(-c4ccccc4)cc3C)CC2)n1. The highest BCUT2D eigenvalue weighted by Gasteiger charge is 2.23. The Morgan fingerprint density at radius 3 is 2.30 bits per heavy atom. The summed E-state index contributed by atoms with van der Waals surface area (Å²) in [5, 5.41) is 4.08. The van der Waals surface area contributed by atoms with Gasteiger partial charge in [0.1, 0.15) is 5.69 Å². The van der Waals surface area contributed by atoms with Crippen LogP contribution in [0.2, 0.25) is 0 Å². The molecule has 0 bridgehead atoms. The van der Waals surface area contributed by atoms with Crippen LogP contribution in [-0.2, 0) is 6.54 Å². The van der Waals surface area contributed by atoms with Gasteiger partial charge in [0.15, 0.2) is 5.78 Å². The van der Waals surface area contributed by atoms with Crippen molar-refractivity contribution in [2.75, 3.05) is 26.2 Å². The Morgan fingerprint density at radius 1 is 0.933 bits per heavy atom. The highest BCUT2D eigenvalue weighted by atomic mass is 16.2. The zero-order valence-electron chi connectivity index (χ0n) is 17.4. The number of carbonyl (C=O) groups is 2. The largest absolute Gasteiger partial charge is 0.344 e. The van der Waals surface area contributed by atoms with Crippen LogP contribution in [0.1, 0.15) is 28.5 Å². The molecule has 0 aliphatic carbocycles. The number of carbonyl (C=O) groups excluding carboxylic acids is 2. The van der Waals surface area contributed by atoms with E-state index in [1.54, 1.807) is 17.2 Å². The van der Waals surface area contributed by atoms with Crippen LogP contribution < -0.4 is 0 Å². The fourth-order valence-electron chi connectivity index (χ4n) is 3.78. The first-order chi connectivity index (χ1) is 14.5. The minimum absolute atomic E-state index is 0.139. The van der Waals surface area contributed by atoms with E-state index in [-0.39, 0.29) is 11.8 Å². The van der Waals surface area contributed by atoms with E-state index in [1.807, 2.05) is 6.07 Å². The normalized spacial score (nSPS) is 14.7. The zero-order valence-corrected chi connectivity index (χ0v) is 17.4. The maximum Gasteiger partial charge on any atom is 0.344 e. The molecule has 2 heterocycles. The number of Topliss-reactive ketones (excluding diaryl/α,β-unsaturated/α-hetero) is 1. The molecule has 1 amide bonds. The molecule has 6 heteroatoms. The number of benzene rings is 2. The Balaban J connectivity index is 1.35. The molecule has 0 saturated carbocycles. The lowest BCUT2D eigenvalue weighted by Gasteiger charge is -2.34. The summed E-state index contributed by atoms with van der Waals surface area (Å²) in [6, 6.07) is 18.5. The Labute approximate surface area is 176 Å². The quantitative estimate of drug-likeness (QED) is 0.622. The third kappa shape index (κ3) is 4.33. The number of rotatable bonds is 4. The maximum absolute atomic E-state index is 12.6. The molecule has 4 rings (SSSR count). The average Bonchev–Trinajstić information content (AvgIpc) is 3.26. The number of ketones is 1. The van der Waals surface area contributed by atoms with Crippen molar-refractivity contribution in [2.45, 2.75) is 20.4 Å². The van der Waals surface area contributed by atoms with Crippen molar-refractivity contribution in [3.8, 4) is 11.1 Å². The summed E-state index contributed by atoms with van der Waals surface area (Å²) in [5.41, 5.74) is 5.37. The summed E-state index contributed by atoms with van der Waals surface area (Å²) in [4.78, 5) is 28.2. The van der Waals surface area contributed by atoms with Crippen LogP contribution in [0.4, 0.5) is 4.79 Å². The predicted octanol–water partition coefficient (Wildman–Crippen LogP) is 3.85. The van der Waals surface area contributed by atoms with Gasteiger partial charge in [0, 0.05) is 45.8 Å². The fourth-order valence-corrected chi connectivity index (χ4v) is 3.78. The van der Waals surface area contributed by atoms with Gasteiger partial charge in [-0.1, -0.05) is 48.5 Å². The third-order valence-corrected chi connectivity index (χ3v) is 5.63. The van der Waals surface area contributed by atoms with E-state index >= 15 is 0 Å². The summed E-state index contributed by atoms with van der Waals surface area (Å²) in [7, 11) is 0. The van der Waals surface area contributed by atoms with Crippen molar-refractivity contribution in [3.05, 3.63) is 77.6 Å². The van der Waals surface area contributed by atoms with Crippen LogP contribution >= 0.6 is 0 Å². The highest BCUT2D eigenvalue weighted by molar-refractivity contribution is 5.92. The lowest BCUT2D eigenvalue weighted by atomic mass is 9.99. The number of amides is 1. The average molecular weight is 402 g/mol. The molecule has 154 valence electrons. The molecule has 2 aromatic carbocycles. The van der Waals surface area contributed by atoms with Crippen molar-refractivity contribution in [1.82, 2.24) is 19.6 Å². The molecule has 0 unspecified atom stereocenters. The van der Waals surface area contributed by atoms with Gasteiger partial charge in [0.05, 0.1) is 0 Å². The molecule has 3 aromatic rings. The van der Waals surface area contributed by atoms with Crippen molar-refractivity contribution >= 4 is 11.8 Å². The first-order valence-electron chi connectivity index (χ1n) is 10.2. The Morgan fingerprint density at radius 2 is 1.67 bits per heavy atom. The van der Waals surface area contributed by atoms with Gasteiger partial charge in [-0.3, -0.25) is 9.69 Å². The van der Waals surface area contributed by atoms with Crippen LogP contribution in [0.5, 0.6) is 0 Å². The summed E-state index contributed by atoms with van der Waals surface area (Å²) >= 11 is 0. The van der Waals surface area contributed by atoms with Crippen LogP contribution in [0.25, 0.3) is 11.1 Å². The van der Waals surface area contributed by atoms with E-state index in [0.29, 0.717) is 18.8 Å². The molecular formula is C24H26N4O2. The van der Waals surface area contributed by atoms with Gasteiger partial charge in [0.25, 0.3) is 0 Å². The molecule has 0 N–H and O–H groups in total. The molecule has 1 saturated heterocycles. The van der Waals surface area contributed by atoms with Crippen molar-refractivity contribution in [1.29, 1.82) is 0 Å². The van der Waals surface area contributed by atoms with Gasteiger partial charge >= 0.3 is 6.03 Å². The highest BCUT2D eigenvalue weighted by Crippen LogP contribution is 2.23. The zero-order chi connectivity index (χ0) is 21.1. The molecule has 1 aliphatic rings. The molecule has 0 radical (unpaired) electrons. The number of hydrogen-bond acceptors (Lipinski definition) is 4. The molecule has 1 aliphatic heterocycles. The molecule has 30 heavy (non-hydrogen) atoms. The monoisotopic (exact) mass is 402 g/mol. The molecular weight excluding hydrogens is 376 g/mol. The van der Waals surface area contributed by atoms with E-state index < -0.39 is 0 Å². The number of aromatic nitrogens is 2. The molecule has 1 aromatic heterocycles. The standard InChI is InChI=1S/C24H26N4O2/c1-18-16-21(20-6-4-3-5-7-20)8-9-22(18)17-26-12-14-27(15-13-26)24(30)28-11-10-23(25-28)19(2)29/h3-11,16H,12-15,17H2,1-2H3. The Kier molecular flexibility index (Phi) is 5.77. The number of piperazine rings is 1. The van der Waals surface area contributed by atoms with Gasteiger partial charge in [-0.05, 0) is 35.2 Å². The van der Waals surface area contributed by atoms with Crippen LogP contribution in [0, 0.1) is 6.92 Å². The second-order valence-corrected chi connectivity index (χ2v) is 7.75. The maximum atomic E-state index is 12.6. The number of aryl methyl sites for hydroxylation is 1. The minimum atomic E-state index is -0.175.